The molecule has 0 saturated carbocycles. The molecular formula is C13H12N2O4. The van der Waals surface area contributed by atoms with Crippen LogP contribution in [-0.2, 0) is 4.79 Å². The number of hydrogen-bond acceptors (Lipinski definition) is 5. The van der Waals surface area contributed by atoms with Gasteiger partial charge in [-0.2, -0.15) is 0 Å². The van der Waals surface area contributed by atoms with Crippen molar-refractivity contribution in [3.8, 4) is 5.75 Å². The van der Waals surface area contributed by atoms with Gasteiger partial charge in [-0.3, -0.25) is 9.59 Å². The van der Waals surface area contributed by atoms with Crippen LogP contribution in [0.15, 0.2) is 34.9 Å². The fourth-order valence-corrected chi connectivity index (χ4v) is 1.51. The molecule has 6 nitrogen and oxygen atoms in total. The van der Waals surface area contributed by atoms with Gasteiger partial charge in [0.1, 0.15) is 11.5 Å². The van der Waals surface area contributed by atoms with Crippen molar-refractivity contribution < 1.29 is 18.8 Å². The lowest BCUT2D eigenvalue weighted by Crippen LogP contribution is -2.15. The number of rotatable bonds is 3. The predicted octanol–water partition coefficient (Wildman–Crippen LogP) is 2.16. The van der Waals surface area contributed by atoms with E-state index in [-0.39, 0.29) is 11.3 Å². The number of para-hydroxylation sites is 1. The number of aromatic nitrogens is 1. The molecule has 1 heterocycles. The Hall–Kier alpha value is -2.63. The lowest BCUT2D eigenvalue weighted by Gasteiger charge is -2.07. The normalized spacial score (nSPS) is 10.0. The summed E-state index contributed by atoms with van der Waals surface area (Å²) >= 11 is 0. The first kappa shape index (κ1) is 12.8. The molecule has 0 aliphatic rings. The van der Waals surface area contributed by atoms with Crippen molar-refractivity contribution in [2.45, 2.75) is 13.8 Å². The summed E-state index contributed by atoms with van der Waals surface area (Å²) in [6.45, 7) is 2.99. The van der Waals surface area contributed by atoms with Crippen LogP contribution in [0.3, 0.4) is 0 Å². The van der Waals surface area contributed by atoms with Gasteiger partial charge in [0.2, 0.25) is 0 Å². The van der Waals surface area contributed by atoms with Crippen molar-refractivity contribution in [3.63, 3.8) is 0 Å². The molecule has 1 amide bonds. The van der Waals surface area contributed by atoms with E-state index in [9.17, 15) is 9.59 Å². The van der Waals surface area contributed by atoms with E-state index in [4.69, 9.17) is 9.26 Å². The van der Waals surface area contributed by atoms with Crippen LogP contribution in [0.5, 0.6) is 5.75 Å². The van der Waals surface area contributed by atoms with Crippen LogP contribution in [0, 0.1) is 6.92 Å². The maximum atomic E-state index is 12.0. The molecule has 1 N–H and O–H groups in total. The van der Waals surface area contributed by atoms with Crippen LogP contribution < -0.4 is 10.1 Å². The molecule has 19 heavy (non-hydrogen) atoms. The summed E-state index contributed by atoms with van der Waals surface area (Å²) in [7, 11) is 0. The highest BCUT2D eigenvalue weighted by Gasteiger charge is 2.14. The van der Waals surface area contributed by atoms with E-state index in [1.54, 1.807) is 37.3 Å². The van der Waals surface area contributed by atoms with Crippen LogP contribution in [0.25, 0.3) is 0 Å². The van der Waals surface area contributed by atoms with E-state index < -0.39 is 11.9 Å². The Kier molecular flexibility index (Phi) is 3.61. The minimum Gasteiger partial charge on any atom is -0.426 e. The van der Waals surface area contributed by atoms with E-state index in [1.165, 1.54) is 6.92 Å². The van der Waals surface area contributed by atoms with Crippen molar-refractivity contribution >= 4 is 17.7 Å². The fourth-order valence-electron chi connectivity index (χ4n) is 1.51. The first-order chi connectivity index (χ1) is 9.06. The molecule has 0 saturated heterocycles. The van der Waals surface area contributed by atoms with E-state index in [2.05, 4.69) is 10.5 Å². The summed E-state index contributed by atoms with van der Waals surface area (Å²) in [6, 6.07) is 8.04. The predicted molar refractivity (Wildman–Crippen MR) is 66.9 cm³/mol. The van der Waals surface area contributed by atoms with Gasteiger partial charge < -0.3 is 14.6 Å². The zero-order valence-corrected chi connectivity index (χ0v) is 10.5. The molecule has 0 fully saturated rings. The number of aryl methyl sites for hydroxylation is 1. The molecule has 1 aromatic heterocycles. The van der Waals surface area contributed by atoms with Gasteiger partial charge in [-0.1, -0.05) is 17.3 Å². The molecule has 6 heteroatoms. The Morgan fingerprint density at radius 3 is 2.68 bits per heavy atom. The van der Waals surface area contributed by atoms with Crippen LogP contribution in [0.2, 0.25) is 0 Å². The second-order valence-corrected chi connectivity index (χ2v) is 3.87. The minimum atomic E-state index is -0.488. The standard InChI is InChI=1S/C13H12N2O4/c1-8-7-12(15-19-8)14-13(17)10-5-3-4-6-11(10)18-9(2)16/h3-7H,1-2H3,(H,14,15,17). The van der Waals surface area contributed by atoms with Gasteiger partial charge in [-0.15, -0.1) is 0 Å². The summed E-state index contributed by atoms with van der Waals surface area (Å²) < 4.78 is 9.81. The maximum absolute atomic E-state index is 12.0. The Morgan fingerprint density at radius 2 is 2.05 bits per heavy atom. The molecule has 2 aromatic rings. The number of hydrogen-bond donors (Lipinski definition) is 1. The number of carbonyl (C=O) groups is 2. The molecule has 0 bridgehead atoms. The minimum absolute atomic E-state index is 0.202. The topological polar surface area (TPSA) is 81.4 Å². The molecule has 0 aliphatic heterocycles. The second kappa shape index (κ2) is 5.34. The summed E-state index contributed by atoms with van der Waals surface area (Å²) in [4.78, 5) is 23.0. The summed E-state index contributed by atoms with van der Waals surface area (Å²) in [5.41, 5.74) is 0.248. The molecule has 98 valence electrons. The van der Waals surface area contributed by atoms with Crippen molar-refractivity contribution in [1.29, 1.82) is 0 Å². The molecule has 0 atom stereocenters. The molecule has 0 radical (unpaired) electrons. The average molecular weight is 260 g/mol. The lowest BCUT2D eigenvalue weighted by atomic mass is 10.2. The third-order valence-corrected chi connectivity index (χ3v) is 2.25. The van der Waals surface area contributed by atoms with Gasteiger partial charge in [0.15, 0.2) is 5.82 Å². The first-order valence-corrected chi connectivity index (χ1v) is 5.58. The van der Waals surface area contributed by atoms with Gasteiger partial charge in [0.05, 0.1) is 5.56 Å². The van der Waals surface area contributed by atoms with Crippen molar-refractivity contribution in [1.82, 2.24) is 5.16 Å². The molecule has 0 unspecified atom stereocenters. The zero-order chi connectivity index (χ0) is 13.8. The number of anilines is 1. The van der Waals surface area contributed by atoms with Crippen molar-refractivity contribution in [3.05, 3.63) is 41.7 Å². The van der Waals surface area contributed by atoms with E-state index in [0.717, 1.165) is 0 Å². The zero-order valence-electron chi connectivity index (χ0n) is 10.5. The first-order valence-electron chi connectivity index (χ1n) is 5.58. The Morgan fingerprint density at radius 1 is 1.32 bits per heavy atom. The lowest BCUT2D eigenvalue weighted by molar-refractivity contribution is -0.131. The molecular weight excluding hydrogens is 248 g/mol. The molecule has 0 aliphatic carbocycles. The summed E-state index contributed by atoms with van der Waals surface area (Å²) in [5.74, 6) is 0.180. The molecule has 1 aromatic carbocycles. The largest absolute Gasteiger partial charge is 0.426 e. The number of nitrogens with zero attached hydrogens (tertiary/aromatic N) is 1. The van der Waals surface area contributed by atoms with Crippen LogP contribution in [0.4, 0.5) is 5.82 Å². The molecule has 0 spiro atoms. The van der Waals surface area contributed by atoms with Gasteiger partial charge in [-0.25, -0.2) is 0 Å². The number of esters is 1. The summed E-state index contributed by atoms with van der Waals surface area (Å²) in [6.07, 6.45) is 0. The third-order valence-electron chi connectivity index (χ3n) is 2.25. The highest BCUT2D eigenvalue weighted by atomic mass is 16.5. The van der Waals surface area contributed by atoms with Gasteiger partial charge >= 0.3 is 5.97 Å². The second-order valence-electron chi connectivity index (χ2n) is 3.87. The SMILES string of the molecule is CC(=O)Oc1ccccc1C(=O)Nc1cc(C)on1. The molecule has 2 rings (SSSR count). The maximum Gasteiger partial charge on any atom is 0.308 e. The summed E-state index contributed by atoms with van der Waals surface area (Å²) in [5, 5.41) is 6.21. The van der Waals surface area contributed by atoms with Crippen molar-refractivity contribution in [2.24, 2.45) is 0 Å². The number of amides is 1. The van der Waals surface area contributed by atoms with Gasteiger partial charge in [0, 0.05) is 13.0 Å². The third kappa shape index (κ3) is 3.19. The Labute approximate surface area is 109 Å². The van der Waals surface area contributed by atoms with Crippen LogP contribution >= 0.6 is 0 Å². The van der Waals surface area contributed by atoms with Crippen molar-refractivity contribution in [2.75, 3.05) is 5.32 Å². The number of carbonyl (C=O) groups excluding carboxylic acids is 2. The Bertz CT molecular complexity index is 619. The smallest absolute Gasteiger partial charge is 0.308 e. The van der Waals surface area contributed by atoms with Gasteiger partial charge in [-0.05, 0) is 19.1 Å². The van der Waals surface area contributed by atoms with Crippen LogP contribution in [-0.4, -0.2) is 17.0 Å². The quantitative estimate of drug-likeness (QED) is 0.675. The van der Waals surface area contributed by atoms with E-state index >= 15 is 0 Å². The highest BCUT2D eigenvalue weighted by molar-refractivity contribution is 6.06. The fraction of sp³-hybridized carbons (Fsp3) is 0.154. The van der Waals surface area contributed by atoms with Gasteiger partial charge in [0.25, 0.3) is 5.91 Å². The Balaban J connectivity index is 2.21. The number of benzene rings is 1. The highest BCUT2D eigenvalue weighted by Crippen LogP contribution is 2.19. The number of nitrogens with one attached hydrogen (secondary N) is 1. The monoisotopic (exact) mass is 260 g/mol. The number of ether oxygens (including phenoxy) is 1. The van der Waals surface area contributed by atoms with Crippen LogP contribution in [0.1, 0.15) is 23.0 Å². The average Bonchev–Trinajstić information content (AvgIpc) is 2.74. The van der Waals surface area contributed by atoms with E-state index in [0.29, 0.717) is 11.6 Å². The van der Waals surface area contributed by atoms with E-state index in [1.807, 2.05) is 0 Å².